The lowest BCUT2D eigenvalue weighted by Crippen LogP contribution is -2.37. The number of carbonyl (C=O) groups is 1. The molecule has 1 aliphatic heterocycles. The second-order valence-corrected chi connectivity index (χ2v) is 4.77. The Kier molecular flexibility index (Phi) is 3.75. The largest absolute Gasteiger partial charge is 0.382 e. The zero-order valence-corrected chi connectivity index (χ0v) is 11.3. The Balaban J connectivity index is 2.36. The average Bonchev–Trinajstić information content (AvgIpc) is 2.38. The maximum Gasteiger partial charge on any atom is 0.256 e. The molecule has 0 radical (unpaired) electrons. The number of carbonyl (C=O) groups excluding carboxylic acids is 1. The number of amides is 1. The minimum absolute atomic E-state index is 0.0977. The topological polar surface area (TPSA) is 44.4 Å². The van der Waals surface area contributed by atoms with E-state index in [-0.39, 0.29) is 11.9 Å². The monoisotopic (exact) mass is 247 g/mol. The van der Waals surface area contributed by atoms with E-state index in [0.717, 1.165) is 36.6 Å². The third-order valence-electron chi connectivity index (χ3n) is 3.26. The van der Waals surface area contributed by atoms with E-state index in [1.165, 1.54) is 0 Å². The quantitative estimate of drug-likeness (QED) is 0.862. The van der Waals surface area contributed by atoms with Crippen molar-refractivity contribution in [3.8, 4) is 0 Å². The molecule has 1 heterocycles. The summed E-state index contributed by atoms with van der Waals surface area (Å²) in [7, 11) is 0. The fourth-order valence-electron chi connectivity index (χ4n) is 2.35. The molecule has 0 spiro atoms. The van der Waals surface area contributed by atoms with Gasteiger partial charge in [-0.15, -0.1) is 0 Å². The van der Waals surface area contributed by atoms with E-state index >= 15 is 0 Å². The van der Waals surface area contributed by atoms with Crippen molar-refractivity contribution < 1.29 is 4.79 Å². The maximum atomic E-state index is 12.5. The van der Waals surface area contributed by atoms with Crippen LogP contribution in [0.15, 0.2) is 18.2 Å². The van der Waals surface area contributed by atoms with Crippen molar-refractivity contribution in [2.45, 2.75) is 26.8 Å². The Bertz CT molecular complexity index is 443. The van der Waals surface area contributed by atoms with Gasteiger partial charge in [0.2, 0.25) is 0 Å². The first-order chi connectivity index (χ1) is 8.65. The van der Waals surface area contributed by atoms with Crippen LogP contribution in [0.2, 0.25) is 0 Å². The SMILES string of the molecule is CCN(C(=O)c1cccc2c1NCCN2)C(C)C. The molecule has 2 N–H and O–H groups in total. The van der Waals surface area contributed by atoms with Gasteiger partial charge in [0, 0.05) is 25.7 Å². The molecule has 1 aliphatic rings. The fourth-order valence-corrected chi connectivity index (χ4v) is 2.35. The summed E-state index contributed by atoms with van der Waals surface area (Å²) in [5, 5.41) is 6.63. The summed E-state index contributed by atoms with van der Waals surface area (Å²) in [4.78, 5) is 14.4. The van der Waals surface area contributed by atoms with Crippen LogP contribution in [0.5, 0.6) is 0 Å². The number of anilines is 2. The zero-order valence-electron chi connectivity index (χ0n) is 11.3. The normalized spacial score (nSPS) is 13.6. The van der Waals surface area contributed by atoms with Gasteiger partial charge in [-0.25, -0.2) is 0 Å². The van der Waals surface area contributed by atoms with E-state index < -0.39 is 0 Å². The molecule has 0 fully saturated rings. The molecular weight excluding hydrogens is 226 g/mol. The van der Waals surface area contributed by atoms with Gasteiger partial charge in [-0.2, -0.15) is 0 Å². The second kappa shape index (κ2) is 5.29. The lowest BCUT2D eigenvalue weighted by atomic mass is 10.1. The maximum absolute atomic E-state index is 12.5. The van der Waals surface area contributed by atoms with Gasteiger partial charge in [-0.3, -0.25) is 4.79 Å². The van der Waals surface area contributed by atoms with Gasteiger partial charge in [-0.05, 0) is 32.9 Å². The summed E-state index contributed by atoms with van der Waals surface area (Å²) < 4.78 is 0. The molecule has 98 valence electrons. The predicted octanol–water partition coefficient (Wildman–Crippen LogP) is 2.39. The molecule has 0 aliphatic carbocycles. The number of hydrogen-bond donors (Lipinski definition) is 2. The van der Waals surface area contributed by atoms with Crippen LogP contribution >= 0.6 is 0 Å². The van der Waals surface area contributed by atoms with E-state index in [1.807, 2.05) is 43.9 Å². The van der Waals surface area contributed by atoms with Crippen LogP contribution in [0.25, 0.3) is 0 Å². The number of nitrogens with one attached hydrogen (secondary N) is 2. The molecule has 1 aromatic carbocycles. The molecule has 0 unspecified atom stereocenters. The average molecular weight is 247 g/mol. The van der Waals surface area contributed by atoms with Crippen LogP contribution in [0, 0.1) is 0 Å². The van der Waals surface area contributed by atoms with Crippen LogP contribution in [-0.4, -0.2) is 36.5 Å². The van der Waals surface area contributed by atoms with Crippen molar-refractivity contribution in [1.29, 1.82) is 0 Å². The summed E-state index contributed by atoms with van der Waals surface area (Å²) >= 11 is 0. The lowest BCUT2D eigenvalue weighted by Gasteiger charge is -2.28. The first-order valence-electron chi connectivity index (χ1n) is 6.57. The van der Waals surface area contributed by atoms with Crippen LogP contribution in [0.1, 0.15) is 31.1 Å². The van der Waals surface area contributed by atoms with Gasteiger partial charge in [0.1, 0.15) is 0 Å². The highest BCUT2D eigenvalue weighted by Gasteiger charge is 2.22. The van der Waals surface area contributed by atoms with Crippen molar-refractivity contribution in [3.05, 3.63) is 23.8 Å². The van der Waals surface area contributed by atoms with Gasteiger partial charge < -0.3 is 15.5 Å². The molecule has 4 nitrogen and oxygen atoms in total. The number of rotatable bonds is 3. The fraction of sp³-hybridized carbons (Fsp3) is 0.500. The summed E-state index contributed by atoms with van der Waals surface area (Å²) in [6.07, 6.45) is 0. The molecule has 1 aromatic rings. The summed E-state index contributed by atoms with van der Waals surface area (Å²) in [6.45, 7) is 8.58. The molecule has 0 saturated carbocycles. The van der Waals surface area contributed by atoms with Gasteiger partial charge in [0.25, 0.3) is 5.91 Å². The Morgan fingerprint density at radius 2 is 2.06 bits per heavy atom. The van der Waals surface area contributed by atoms with Crippen LogP contribution in [0.3, 0.4) is 0 Å². The zero-order chi connectivity index (χ0) is 13.1. The van der Waals surface area contributed by atoms with E-state index in [0.29, 0.717) is 0 Å². The predicted molar refractivity (Wildman–Crippen MR) is 75.3 cm³/mol. The molecule has 2 rings (SSSR count). The molecule has 18 heavy (non-hydrogen) atoms. The minimum Gasteiger partial charge on any atom is -0.382 e. The third-order valence-corrected chi connectivity index (χ3v) is 3.26. The molecule has 0 bridgehead atoms. The van der Waals surface area contributed by atoms with E-state index in [2.05, 4.69) is 10.6 Å². The lowest BCUT2D eigenvalue weighted by molar-refractivity contribution is 0.0718. The first-order valence-corrected chi connectivity index (χ1v) is 6.57. The van der Waals surface area contributed by atoms with Crippen molar-refractivity contribution in [2.75, 3.05) is 30.3 Å². The number of para-hydroxylation sites is 1. The Morgan fingerprint density at radius 3 is 2.72 bits per heavy atom. The summed E-state index contributed by atoms with van der Waals surface area (Å²) in [6, 6.07) is 6.05. The van der Waals surface area contributed by atoms with Crippen LogP contribution in [-0.2, 0) is 0 Å². The van der Waals surface area contributed by atoms with Gasteiger partial charge in [0.15, 0.2) is 0 Å². The van der Waals surface area contributed by atoms with Crippen LogP contribution < -0.4 is 10.6 Å². The van der Waals surface area contributed by atoms with E-state index in [9.17, 15) is 4.79 Å². The molecule has 0 atom stereocenters. The van der Waals surface area contributed by atoms with Gasteiger partial charge in [0.05, 0.1) is 16.9 Å². The Hall–Kier alpha value is -1.71. The number of benzene rings is 1. The van der Waals surface area contributed by atoms with Crippen LogP contribution in [0.4, 0.5) is 11.4 Å². The molecule has 0 aromatic heterocycles. The number of hydrogen-bond acceptors (Lipinski definition) is 3. The van der Waals surface area contributed by atoms with Gasteiger partial charge >= 0.3 is 0 Å². The Labute approximate surface area is 108 Å². The third kappa shape index (κ3) is 2.28. The van der Waals surface area contributed by atoms with Crippen molar-refractivity contribution in [1.82, 2.24) is 4.90 Å². The summed E-state index contributed by atoms with van der Waals surface area (Å²) in [5.41, 5.74) is 2.72. The first kappa shape index (κ1) is 12.7. The molecular formula is C14H21N3O. The minimum atomic E-state index is 0.0977. The number of fused-ring (bicyclic) bond motifs is 1. The highest BCUT2D eigenvalue weighted by molar-refractivity contribution is 6.02. The van der Waals surface area contributed by atoms with Crippen molar-refractivity contribution >= 4 is 17.3 Å². The smallest absolute Gasteiger partial charge is 0.256 e. The molecule has 4 heteroatoms. The second-order valence-electron chi connectivity index (χ2n) is 4.77. The highest BCUT2D eigenvalue weighted by Crippen LogP contribution is 2.29. The summed E-state index contributed by atoms with van der Waals surface area (Å²) in [5.74, 6) is 0.0977. The van der Waals surface area contributed by atoms with E-state index in [4.69, 9.17) is 0 Å². The van der Waals surface area contributed by atoms with Crippen molar-refractivity contribution in [2.24, 2.45) is 0 Å². The molecule has 1 amide bonds. The highest BCUT2D eigenvalue weighted by atomic mass is 16.2. The standard InChI is InChI=1S/C14H21N3O/c1-4-17(10(2)3)14(18)11-6-5-7-12-13(11)16-9-8-15-12/h5-7,10,15-16H,4,8-9H2,1-3H3. The molecule has 0 saturated heterocycles. The van der Waals surface area contributed by atoms with Gasteiger partial charge in [-0.1, -0.05) is 6.07 Å². The van der Waals surface area contributed by atoms with Crippen molar-refractivity contribution in [3.63, 3.8) is 0 Å². The van der Waals surface area contributed by atoms with E-state index in [1.54, 1.807) is 0 Å². The number of nitrogens with zero attached hydrogens (tertiary/aromatic N) is 1. The Morgan fingerprint density at radius 1 is 1.33 bits per heavy atom.